The van der Waals surface area contributed by atoms with Crippen LogP contribution < -0.4 is 11.5 Å². The largest absolute Gasteiger partial charge is 0.477 e. The van der Waals surface area contributed by atoms with Crippen molar-refractivity contribution in [2.24, 2.45) is 5.73 Å². The van der Waals surface area contributed by atoms with E-state index in [2.05, 4.69) is 11.5 Å². The number of quaternary nitrogens is 1. The fourth-order valence-electron chi connectivity index (χ4n) is 0.330. The Morgan fingerprint density at radius 2 is 2.11 bits per heavy atom. The quantitative estimate of drug-likeness (QED) is 0.398. The number of amides is 1. The van der Waals surface area contributed by atoms with Crippen molar-refractivity contribution in [3.8, 4) is 0 Å². The van der Waals surface area contributed by atoms with E-state index in [9.17, 15) is 9.59 Å². The standard InChI is InChI=1S/C4H8N2O3/c5-2(4(8)9)1-3(6)7/h2H,1,5H2,(H2,6,7)(H,8,9)/p+1/t2-/m1/s1. The smallest absolute Gasteiger partial charge is 0.362 e. The van der Waals surface area contributed by atoms with Crippen LogP contribution in [0.4, 0.5) is 0 Å². The molecule has 0 spiro atoms. The van der Waals surface area contributed by atoms with E-state index < -0.39 is 17.9 Å². The molecular formula is C4H9N2O3+. The summed E-state index contributed by atoms with van der Waals surface area (Å²) in [5, 5.41) is 8.16. The van der Waals surface area contributed by atoms with E-state index in [1.807, 2.05) is 0 Å². The molecule has 0 aliphatic rings. The number of nitrogens with two attached hydrogens (primary N) is 1. The Bertz CT molecular complexity index is 134. The van der Waals surface area contributed by atoms with Crippen LogP contribution in [0, 0.1) is 0 Å². The molecule has 0 aliphatic carbocycles. The molecule has 5 heteroatoms. The first kappa shape index (κ1) is 7.90. The molecule has 0 radical (unpaired) electrons. The zero-order valence-electron chi connectivity index (χ0n) is 4.83. The van der Waals surface area contributed by atoms with Gasteiger partial charge in [0, 0.05) is 0 Å². The van der Waals surface area contributed by atoms with Gasteiger partial charge >= 0.3 is 5.97 Å². The fourth-order valence-corrected chi connectivity index (χ4v) is 0.330. The summed E-state index contributed by atoms with van der Waals surface area (Å²) >= 11 is 0. The van der Waals surface area contributed by atoms with Crippen LogP contribution in [0.1, 0.15) is 6.42 Å². The summed E-state index contributed by atoms with van der Waals surface area (Å²) in [6, 6.07) is -0.914. The second-order valence-electron chi connectivity index (χ2n) is 1.71. The van der Waals surface area contributed by atoms with Crippen molar-refractivity contribution in [2.75, 3.05) is 0 Å². The lowest BCUT2D eigenvalue weighted by molar-refractivity contribution is -0.406. The minimum absolute atomic E-state index is 0.199. The highest BCUT2D eigenvalue weighted by molar-refractivity contribution is 5.81. The van der Waals surface area contributed by atoms with E-state index in [-0.39, 0.29) is 6.42 Å². The molecule has 9 heavy (non-hydrogen) atoms. The molecule has 0 bridgehead atoms. The Morgan fingerprint density at radius 1 is 1.67 bits per heavy atom. The molecule has 0 rings (SSSR count). The summed E-state index contributed by atoms with van der Waals surface area (Å²) in [6.07, 6.45) is -0.199. The predicted molar refractivity (Wildman–Crippen MR) is 28.1 cm³/mol. The Labute approximate surface area is 51.6 Å². The van der Waals surface area contributed by atoms with Crippen LogP contribution in [0.2, 0.25) is 0 Å². The molecule has 52 valence electrons. The molecule has 0 saturated carbocycles. The molecule has 0 aliphatic heterocycles. The minimum atomic E-state index is -1.10. The van der Waals surface area contributed by atoms with Gasteiger partial charge in [-0.1, -0.05) is 0 Å². The normalized spacial score (nSPS) is 12.6. The molecular weight excluding hydrogens is 124 g/mol. The van der Waals surface area contributed by atoms with Crippen LogP contribution in [0.15, 0.2) is 0 Å². The predicted octanol–water partition coefficient (Wildman–Crippen LogP) is -2.44. The Balaban J connectivity index is 3.63. The van der Waals surface area contributed by atoms with Gasteiger partial charge in [-0.3, -0.25) is 4.79 Å². The highest BCUT2D eigenvalue weighted by atomic mass is 16.4. The molecule has 5 nitrogen and oxygen atoms in total. The van der Waals surface area contributed by atoms with Gasteiger partial charge in [0.05, 0.1) is 6.42 Å². The zero-order valence-corrected chi connectivity index (χ0v) is 4.83. The van der Waals surface area contributed by atoms with Gasteiger partial charge in [0.25, 0.3) is 0 Å². The third kappa shape index (κ3) is 3.48. The van der Waals surface area contributed by atoms with E-state index >= 15 is 0 Å². The summed E-state index contributed by atoms with van der Waals surface area (Å²) in [6.45, 7) is 0. The topological polar surface area (TPSA) is 108 Å². The minimum Gasteiger partial charge on any atom is -0.477 e. The van der Waals surface area contributed by atoms with Gasteiger partial charge in [-0.15, -0.1) is 0 Å². The number of carbonyl (C=O) groups excluding carboxylic acids is 1. The van der Waals surface area contributed by atoms with Crippen molar-refractivity contribution in [1.29, 1.82) is 0 Å². The van der Waals surface area contributed by atoms with Gasteiger partial charge < -0.3 is 16.6 Å². The number of aliphatic carboxylic acids is 1. The van der Waals surface area contributed by atoms with Gasteiger partial charge in [0.15, 0.2) is 6.04 Å². The molecule has 0 aromatic carbocycles. The van der Waals surface area contributed by atoms with Crippen molar-refractivity contribution < 1.29 is 20.4 Å². The van der Waals surface area contributed by atoms with Gasteiger partial charge in [-0.05, 0) is 0 Å². The highest BCUT2D eigenvalue weighted by Gasteiger charge is 2.17. The van der Waals surface area contributed by atoms with Gasteiger partial charge in [0.1, 0.15) is 0 Å². The molecule has 0 aromatic heterocycles. The van der Waals surface area contributed by atoms with Crippen molar-refractivity contribution in [3.63, 3.8) is 0 Å². The van der Waals surface area contributed by atoms with E-state index in [0.717, 1.165) is 0 Å². The maximum atomic E-state index is 10.0. The zero-order chi connectivity index (χ0) is 7.44. The van der Waals surface area contributed by atoms with E-state index in [0.29, 0.717) is 0 Å². The SMILES string of the molecule is NC(=O)C[C@@H]([NH3+])C(=O)O. The molecule has 1 amide bonds. The summed E-state index contributed by atoms with van der Waals surface area (Å²) in [5.74, 6) is -1.74. The van der Waals surface area contributed by atoms with Gasteiger partial charge in [-0.2, -0.15) is 0 Å². The van der Waals surface area contributed by atoms with Gasteiger partial charge in [-0.25, -0.2) is 4.79 Å². The number of primary amides is 1. The second kappa shape index (κ2) is 3.03. The third-order valence-electron chi connectivity index (χ3n) is 0.797. The van der Waals surface area contributed by atoms with Crippen molar-refractivity contribution in [3.05, 3.63) is 0 Å². The summed E-state index contributed by atoms with van der Waals surface area (Å²) in [4.78, 5) is 20.0. The van der Waals surface area contributed by atoms with Crippen LogP contribution in [0.3, 0.4) is 0 Å². The van der Waals surface area contributed by atoms with Crippen molar-refractivity contribution in [1.82, 2.24) is 0 Å². The van der Waals surface area contributed by atoms with E-state index in [1.54, 1.807) is 0 Å². The number of hydrogen-bond donors (Lipinski definition) is 3. The van der Waals surface area contributed by atoms with Crippen molar-refractivity contribution in [2.45, 2.75) is 12.5 Å². The first-order chi connectivity index (χ1) is 4.04. The number of carbonyl (C=O) groups is 2. The molecule has 0 saturated heterocycles. The molecule has 0 aromatic rings. The average Bonchev–Trinajstić information content (AvgIpc) is 1.63. The lowest BCUT2D eigenvalue weighted by Crippen LogP contribution is -2.65. The van der Waals surface area contributed by atoms with E-state index in [4.69, 9.17) is 5.11 Å². The number of rotatable bonds is 3. The van der Waals surface area contributed by atoms with Crippen LogP contribution in [-0.2, 0) is 9.59 Å². The number of carboxylic acids is 1. The highest BCUT2D eigenvalue weighted by Crippen LogP contribution is 1.81. The number of hydrogen-bond acceptors (Lipinski definition) is 2. The Morgan fingerprint density at radius 3 is 2.22 bits per heavy atom. The lowest BCUT2D eigenvalue weighted by Gasteiger charge is -1.96. The first-order valence-electron chi connectivity index (χ1n) is 2.38. The second-order valence-corrected chi connectivity index (χ2v) is 1.71. The molecule has 6 N–H and O–H groups in total. The summed E-state index contributed by atoms with van der Waals surface area (Å²) in [7, 11) is 0. The Kier molecular flexibility index (Phi) is 2.66. The maximum Gasteiger partial charge on any atom is 0.362 e. The fraction of sp³-hybridized carbons (Fsp3) is 0.500. The molecule has 0 heterocycles. The van der Waals surface area contributed by atoms with Crippen LogP contribution in [0.25, 0.3) is 0 Å². The third-order valence-corrected chi connectivity index (χ3v) is 0.797. The van der Waals surface area contributed by atoms with Crippen LogP contribution in [-0.4, -0.2) is 23.0 Å². The average molecular weight is 133 g/mol. The summed E-state index contributed by atoms with van der Waals surface area (Å²) < 4.78 is 0. The maximum absolute atomic E-state index is 10.0. The van der Waals surface area contributed by atoms with Gasteiger partial charge in [0.2, 0.25) is 5.91 Å². The van der Waals surface area contributed by atoms with E-state index in [1.165, 1.54) is 0 Å². The first-order valence-corrected chi connectivity index (χ1v) is 2.38. The molecule has 0 fully saturated rings. The molecule has 1 atom stereocenters. The van der Waals surface area contributed by atoms with Crippen molar-refractivity contribution >= 4 is 11.9 Å². The van der Waals surface area contributed by atoms with Crippen LogP contribution in [0.5, 0.6) is 0 Å². The van der Waals surface area contributed by atoms with Crippen LogP contribution >= 0.6 is 0 Å². The lowest BCUT2D eigenvalue weighted by atomic mass is 10.2. The monoisotopic (exact) mass is 133 g/mol. The Hall–Kier alpha value is -1.10. The molecule has 0 unspecified atom stereocenters. The number of carboxylic acid groups (broad SMARTS) is 1. The summed E-state index contributed by atoms with van der Waals surface area (Å²) in [5.41, 5.74) is 7.87.